The summed E-state index contributed by atoms with van der Waals surface area (Å²) in [5.74, 6) is 0.818. The molecule has 0 heterocycles. The minimum absolute atomic E-state index is 0.818. The average molecular weight is 169 g/mol. The van der Waals surface area contributed by atoms with Gasteiger partial charge in [0.1, 0.15) is 0 Å². The van der Waals surface area contributed by atoms with Crippen LogP contribution in [0.1, 0.15) is 46.5 Å². The van der Waals surface area contributed by atoms with Crippen LogP contribution in [0.3, 0.4) is 0 Å². The molecular formula is C11H23N. The molecule has 0 spiro atoms. The average Bonchev–Trinajstić information content (AvgIpc) is 2.07. The van der Waals surface area contributed by atoms with Crippen LogP contribution in [0.4, 0.5) is 0 Å². The van der Waals surface area contributed by atoms with Gasteiger partial charge in [-0.1, -0.05) is 46.6 Å². The van der Waals surface area contributed by atoms with E-state index in [2.05, 4.69) is 32.7 Å². The standard InChI is InChI=1S/C11H23N/c1-5-8-10(4)12-9-11(6-2)7-3/h11-12H,4-9H2,1-3H3. The first-order valence-corrected chi connectivity index (χ1v) is 5.16. The van der Waals surface area contributed by atoms with Crippen molar-refractivity contribution >= 4 is 0 Å². The molecule has 0 atom stereocenters. The van der Waals surface area contributed by atoms with Crippen molar-refractivity contribution in [2.75, 3.05) is 6.54 Å². The number of hydrogen-bond donors (Lipinski definition) is 1. The van der Waals surface area contributed by atoms with E-state index >= 15 is 0 Å². The number of nitrogens with one attached hydrogen (secondary N) is 1. The zero-order valence-electron chi connectivity index (χ0n) is 8.82. The third-order valence-corrected chi connectivity index (χ3v) is 2.35. The highest BCUT2D eigenvalue weighted by Gasteiger charge is 2.02. The van der Waals surface area contributed by atoms with Crippen LogP contribution in [0.5, 0.6) is 0 Å². The lowest BCUT2D eigenvalue weighted by molar-refractivity contribution is 0.467. The van der Waals surface area contributed by atoms with Gasteiger partial charge in [-0.15, -0.1) is 0 Å². The molecule has 0 aromatic heterocycles. The predicted molar refractivity (Wildman–Crippen MR) is 56.1 cm³/mol. The van der Waals surface area contributed by atoms with Gasteiger partial charge >= 0.3 is 0 Å². The number of allylic oxidation sites excluding steroid dienone is 1. The van der Waals surface area contributed by atoms with E-state index in [0.29, 0.717) is 0 Å². The molecule has 0 rings (SSSR count). The maximum absolute atomic E-state index is 3.97. The summed E-state index contributed by atoms with van der Waals surface area (Å²) in [6, 6.07) is 0. The molecule has 0 saturated heterocycles. The molecule has 0 aromatic carbocycles. The van der Waals surface area contributed by atoms with E-state index in [1.807, 2.05) is 0 Å². The van der Waals surface area contributed by atoms with Gasteiger partial charge < -0.3 is 5.32 Å². The van der Waals surface area contributed by atoms with Crippen molar-refractivity contribution < 1.29 is 0 Å². The highest BCUT2D eigenvalue weighted by Crippen LogP contribution is 2.07. The number of rotatable bonds is 7. The maximum atomic E-state index is 3.97. The summed E-state index contributed by atoms with van der Waals surface area (Å²) in [4.78, 5) is 0. The van der Waals surface area contributed by atoms with Crippen molar-refractivity contribution in [2.45, 2.75) is 46.5 Å². The van der Waals surface area contributed by atoms with Crippen LogP contribution in [-0.4, -0.2) is 6.54 Å². The van der Waals surface area contributed by atoms with Crippen molar-refractivity contribution in [1.82, 2.24) is 5.32 Å². The second kappa shape index (κ2) is 7.20. The van der Waals surface area contributed by atoms with Gasteiger partial charge in [0.05, 0.1) is 0 Å². The molecule has 1 nitrogen and oxygen atoms in total. The summed E-state index contributed by atoms with van der Waals surface area (Å²) >= 11 is 0. The fourth-order valence-corrected chi connectivity index (χ4v) is 1.26. The Bertz CT molecular complexity index is 114. The molecule has 0 bridgehead atoms. The lowest BCUT2D eigenvalue weighted by atomic mass is 10.0. The normalized spacial score (nSPS) is 10.3. The highest BCUT2D eigenvalue weighted by molar-refractivity contribution is 4.90. The van der Waals surface area contributed by atoms with E-state index in [1.54, 1.807) is 0 Å². The van der Waals surface area contributed by atoms with Gasteiger partial charge in [0.25, 0.3) is 0 Å². The summed E-state index contributed by atoms with van der Waals surface area (Å²) in [6.45, 7) is 11.8. The monoisotopic (exact) mass is 169 g/mol. The van der Waals surface area contributed by atoms with Crippen LogP contribution in [0.25, 0.3) is 0 Å². The van der Waals surface area contributed by atoms with E-state index in [4.69, 9.17) is 0 Å². The Labute approximate surface area is 77.2 Å². The minimum atomic E-state index is 0.818. The van der Waals surface area contributed by atoms with Gasteiger partial charge in [0, 0.05) is 12.2 Å². The van der Waals surface area contributed by atoms with E-state index in [0.717, 1.165) is 18.9 Å². The van der Waals surface area contributed by atoms with Crippen molar-refractivity contribution in [1.29, 1.82) is 0 Å². The minimum Gasteiger partial charge on any atom is -0.389 e. The second-order valence-electron chi connectivity index (χ2n) is 3.42. The van der Waals surface area contributed by atoms with Crippen molar-refractivity contribution in [3.05, 3.63) is 12.3 Å². The van der Waals surface area contributed by atoms with Crippen LogP contribution in [-0.2, 0) is 0 Å². The molecule has 0 aliphatic heterocycles. The van der Waals surface area contributed by atoms with Gasteiger partial charge in [-0.05, 0) is 12.3 Å². The first-order chi connectivity index (χ1) is 5.74. The van der Waals surface area contributed by atoms with Crippen molar-refractivity contribution in [3.8, 4) is 0 Å². The third-order valence-electron chi connectivity index (χ3n) is 2.35. The maximum Gasteiger partial charge on any atom is 0.0171 e. The summed E-state index contributed by atoms with van der Waals surface area (Å²) in [6.07, 6.45) is 4.83. The van der Waals surface area contributed by atoms with Crippen molar-refractivity contribution in [2.24, 2.45) is 5.92 Å². The Balaban J connectivity index is 3.44. The molecule has 0 aromatic rings. The molecule has 0 fully saturated rings. The lowest BCUT2D eigenvalue weighted by Crippen LogP contribution is -2.21. The van der Waals surface area contributed by atoms with Gasteiger partial charge in [0.2, 0.25) is 0 Å². The largest absolute Gasteiger partial charge is 0.389 e. The zero-order valence-corrected chi connectivity index (χ0v) is 8.82. The fourth-order valence-electron chi connectivity index (χ4n) is 1.26. The van der Waals surface area contributed by atoms with Gasteiger partial charge in [-0.2, -0.15) is 0 Å². The Kier molecular flexibility index (Phi) is 6.93. The molecule has 0 aliphatic rings. The molecule has 0 aliphatic carbocycles. The fraction of sp³-hybridized carbons (Fsp3) is 0.818. The summed E-state index contributed by atoms with van der Waals surface area (Å²) in [5.41, 5.74) is 1.20. The van der Waals surface area contributed by atoms with E-state index in [9.17, 15) is 0 Å². The molecule has 0 amide bonds. The molecule has 1 heteroatoms. The predicted octanol–water partition coefficient (Wildman–Crippen LogP) is 3.33. The lowest BCUT2D eigenvalue weighted by Gasteiger charge is -2.15. The molecule has 0 saturated carbocycles. The van der Waals surface area contributed by atoms with E-state index in [-0.39, 0.29) is 0 Å². The summed E-state index contributed by atoms with van der Waals surface area (Å²) in [7, 11) is 0. The Morgan fingerprint density at radius 1 is 1.25 bits per heavy atom. The molecule has 1 N–H and O–H groups in total. The van der Waals surface area contributed by atoms with Crippen LogP contribution in [0.2, 0.25) is 0 Å². The topological polar surface area (TPSA) is 12.0 Å². The van der Waals surface area contributed by atoms with Crippen molar-refractivity contribution in [3.63, 3.8) is 0 Å². The Morgan fingerprint density at radius 2 is 1.83 bits per heavy atom. The van der Waals surface area contributed by atoms with Gasteiger partial charge in [0.15, 0.2) is 0 Å². The molecular weight excluding hydrogens is 146 g/mol. The first-order valence-electron chi connectivity index (χ1n) is 5.16. The summed E-state index contributed by atoms with van der Waals surface area (Å²) < 4.78 is 0. The Morgan fingerprint density at radius 3 is 2.25 bits per heavy atom. The number of hydrogen-bond acceptors (Lipinski definition) is 1. The zero-order chi connectivity index (χ0) is 9.40. The molecule has 0 unspecified atom stereocenters. The SMILES string of the molecule is C=C(CCC)NCC(CC)CC. The second-order valence-corrected chi connectivity index (χ2v) is 3.42. The van der Waals surface area contributed by atoms with Crippen LogP contribution < -0.4 is 5.32 Å². The van der Waals surface area contributed by atoms with Crippen LogP contribution in [0, 0.1) is 5.92 Å². The summed E-state index contributed by atoms with van der Waals surface area (Å²) in [5, 5.41) is 3.39. The van der Waals surface area contributed by atoms with Crippen LogP contribution >= 0.6 is 0 Å². The van der Waals surface area contributed by atoms with Crippen LogP contribution in [0.15, 0.2) is 12.3 Å². The third kappa shape index (κ3) is 5.22. The van der Waals surface area contributed by atoms with E-state index in [1.165, 1.54) is 25.0 Å². The quantitative estimate of drug-likeness (QED) is 0.616. The van der Waals surface area contributed by atoms with E-state index < -0.39 is 0 Å². The Hall–Kier alpha value is -0.460. The van der Waals surface area contributed by atoms with Gasteiger partial charge in [-0.25, -0.2) is 0 Å². The molecule has 12 heavy (non-hydrogen) atoms. The highest BCUT2D eigenvalue weighted by atomic mass is 14.9. The molecule has 0 radical (unpaired) electrons. The first kappa shape index (κ1) is 11.5. The van der Waals surface area contributed by atoms with Gasteiger partial charge in [-0.3, -0.25) is 0 Å². The molecule has 72 valence electrons. The smallest absolute Gasteiger partial charge is 0.0171 e.